The van der Waals surface area contributed by atoms with Crippen molar-refractivity contribution in [2.24, 2.45) is 0 Å². The Labute approximate surface area is 407 Å². The SMILES string of the molecule is CCCCCCCCCCCCCCCC/C=C/C(=O)N(C)CCCCS(=O)(=O)[O-].CCCCCCCCCCCCCCCC/C=C/C(=O)N(C)CCCCS(=O)(=O)[O-].[Ca+2]. The number of hydrogen-bond donors (Lipinski definition) is 0. The molecule has 0 rings (SSSR count). The normalized spacial score (nSPS) is 11.8. The molecule has 0 unspecified atom stereocenters. The van der Waals surface area contributed by atoms with Gasteiger partial charge in [0.1, 0.15) is 0 Å². The molecular formula is C48H92CaN2O8S2. The topological polar surface area (TPSA) is 155 Å². The minimum Gasteiger partial charge on any atom is -0.748 e. The third-order valence-corrected chi connectivity index (χ3v) is 12.6. The molecule has 0 fully saturated rings. The Kier molecular flexibility index (Phi) is 50.4. The van der Waals surface area contributed by atoms with Crippen LogP contribution in [0.3, 0.4) is 0 Å². The second-order valence-corrected chi connectivity index (χ2v) is 20.1. The first-order chi connectivity index (χ1) is 28.7. The van der Waals surface area contributed by atoms with E-state index in [1.807, 2.05) is 12.2 Å². The molecule has 13 heteroatoms. The van der Waals surface area contributed by atoms with Crippen molar-refractivity contribution in [1.82, 2.24) is 9.80 Å². The van der Waals surface area contributed by atoms with E-state index in [9.17, 15) is 35.5 Å². The van der Waals surface area contributed by atoms with Gasteiger partial charge in [0, 0.05) is 38.7 Å². The van der Waals surface area contributed by atoms with Crippen molar-refractivity contribution in [3.63, 3.8) is 0 Å². The summed E-state index contributed by atoms with van der Waals surface area (Å²) in [5.41, 5.74) is 0. The number of nitrogens with zero attached hydrogens (tertiary/aromatic N) is 2. The molecule has 0 aromatic carbocycles. The molecule has 0 bridgehead atoms. The molecule has 61 heavy (non-hydrogen) atoms. The van der Waals surface area contributed by atoms with Gasteiger partial charge in [0.25, 0.3) is 0 Å². The minimum absolute atomic E-state index is 0. The molecule has 0 aliphatic rings. The monoisotopic (exact) mass is 929 g/mol. The average molecular weight is 929 g/mol. The summed E-state index contributed by atoms with van der Waals surface area (Å²) in [5, 5.41) is 0. The molecule has 0 saturated carbocycles. The first-order valence-corrected chi connectivity index (χ1v) is 27.6. The molecule has 0 spiro atoms. The Morgan fingerprint density at radius 2 is 0.623 bits per heavy atom. The molecule has 0 atom stereocenters. The summed E-state index contributed by atoms with van der Waals surface area (Å²) in [7, 11) is -4.90. The van der Waals surface area contributed by atoms with Crippen LogP contribution in [0.4, 0.5) is 0 Å². The van der Waals surface area contributed by atoms with E-state index < -0.39 is 20.2 Å². The Balaban J connectivity index is -0.00000109. The minimum atomic E-state index is -4.15. The van der Waals surface area contributed by atoms with Crippen LogP contribution in [0.15, 0.2) is 24.3 Å². The van der Waals surface area contributed by atoms with E-state index in [2.05, 4.69) is 13.8 Å². The zero-order chi connectivity index (χ0) is 45.0. The van der Waals surface area contributed by atoms with Crippen molar-refractivity contribution in [1.29, 1.82) is 0 Å². The van der Waals surface area contributed by atoms with Gasteiger partial charge < -0.3 is 18.9 Å². The van der Waals surface area contributed by atoms with Gasteiger partial charge in [0.2, 0.25) is 11.8 Å². The van der Waals surface area contributed by atoms with E-state index in [1.54, 1.807) is 36.0 Å². The third-order valence-electron chi connectivity index (χ3n) is 11.0. The van der Waals surface area contributed by atoms with Crippen molar-refractivity contribution in [2.45, 2.75) is 232 Å². The molecule has 2 amide bonds. The van der Waals surface area contributed by atoms with Gasteiger partial charge in [-0.2, -0.15) is 0 Å². The number of allylic oxidation sites excluding steroid dienone is 2. The van der Waals surface area contributed by atoms with E-state index in [0.29, 0.717) is 38.8 Å². The molecule has 0 aliphatic heterocycles. The van der Waals surface area contributed by atoms with Crippen molar-refractivity contribution in [2.75, 3.05) is 38.7 Å². The van der Waals surface area contributed by atoms with Gasteiger partial charge in [-0.05, 0) is 63.5 Å². The van der Waals surface area contributed by atoms with Gasteiger partial charge in [-0.25, -0.2) is 16.8 Å². The second-order valence-electron chi connectivity index (χ2n) is 17.0. The summed E-state index contributed by atoms with van der Waals surface area (Å²) < 4.78 is 63.2. The average Bonchev–Trinajstić information content (AvgIpc) is 3.20. The number of hydrogen-bond acceptors (Lipinski definition) is 8. The fourth-order valence-corrected chi connectivity index (χ4v) is 8.13. The number of amides is 2. The van der Waals surface area contributed by atoms with Gasteiger partial charge in [-0.3, -0.25) is 9.59 Å². The maximum absolute atomic E-state index is 11.9. The molecule has 0 aliphatic carbocycles. The van der Waals surface area contributed by atoms with E-state index in [0.717, 1.165) is 25.7 Å². The first-order valence-electron chi connectivity index (χ1n) is 24.4. The quantitative estimate of drug-likeness (QED) is 0.0254. The van der Waals surface area contributed by atoms with Gasteiger partial charge in [-0.15, -0.1) is 0 Å². The predicted molar refractivity (Wildman–Crippen MR) is 257 cm³/mol. The number of carbonyl (C=O) groups is 2. The number of carbonyl (C=O) groups excluding carboxylic acids is 2. The van der Waals surface area contributed by atoms with E-state index in [4.69, 9.17) is 0 Å². The van der Waals surface area contributed by atoms with E-state index in [1.165, 1.54) is 167 Å². The van der Waals surface area contributed by atoms with Gasteiger partial charge in [-0.1, -0.05) is 193 Å². The van der Waals surface area contributed by atoms with Crippen LogP contribution < -0.4 is 0 Å². The van der Waals surface area contributed by atoms with Crippen molar-refractivity contribution >= 4 is 69.8 Å². The maximum atomic E-state index is 11.9. The third kappa shape index (κ3) is 55.6. The van der Waals surface area contributed by atoms with Crippen molar-refractivity contribution in [3.8, 4) is 0 Å². The van der Waals surface area contributed by atoms with Gasteiger partial charge in [0.05, 0.1) is 20.2 Å². The summed E-state index contributed by atoms with van der Waals surface area (Å²) in [6.07, 6.45) is 48.2. The number of unbranched alkanes of at least 4 members (excludes halogenated alkanes) is 30. The van der Waals surface area contributed by atoms with Crippen LogP contribution in [0.5, 0.6) is 0 Å². The molecule has 356 valence electrons. The van der Waals surface area contributed by atoms with E-state index >= 15 is 0 Å². The van der Waals surface area contributed by atoms with Crippen LogP contribution in [0.25, 0.3) is 0 Å². The number of rotatable bonds is 42. The molecule has 0 saturated heterocycles. The second kappa shape index (κ2) is 47.5. The van der Waals surface area contributed by atoms with Crippen LogP contribution in [0.1, 0.15) is 232 Å². The molecular weight excluding hydrogens is 837 g/mol. The summed E-state index contributed by atoms with van der Waals surface area (Å²) in [5.74, 6) is -0.843. The smallest absolute Gasteiger partial charge is 0.748 e. The van der Waals surface area contributed by atoms with Crippen LogP contribution in [0.2, 0.25) is 0 Å². The van der Waals surface area contributed by atoms with E-state index in [-0.39, 0.29) is 61.1 Å². The van der Waals surface area contributed by atoms with Crippen LogP contribution in [-0.2, 0) is 29.8 Å². The van der Waals surface area contributed by atoms with Gasteiger partial charge in [0.15, 0.2) is 0 Å². The molecule has 0 aromatic rings. The summed E-state index contributed by atoms with van der Waals surface area (Å²) >= 11 is 0. The zero-order valence-electron chi connectivity index (χ0n) is 39.9. The Bertz CT molecular complexity index is 1170. The molecule has 0 N–H and O–H groups in total. The predicted octanol–water partition coefficient (Wildman–Crippen LogP) is 12.0. The Hall–Kier alpha value is -0.500. The standard InChI is InChI=1S/2C24H47NO4S.Ca/c2*1-3-4-5-6-7-8-9-10-11-12-13-14-15-16-17-18-21-24(26)25(2)22-19-20-23-30(27,28)29;/h2*18,21H,3-17,19-20,22-23H2,1-2H3,(H,27,28,29);/q;;+2/p-2/b2*21-18+;. The van der Waals surface area contributed by atoms with Crippen LogP contribution in [0, 0.1) is 0 Å². The largest absolute Gasteiger partial charge is 2.00 e. The maximum Gasteiger partial charge on any atom is 2.00 e. The molecule has 0 aromatic heterocycles. The summed E-state index contributed by atoms with van der Waals surface area (Å²) in [4.78, 5) is 27.0. The molecule has 10 nitrogen and oxygen atoms in total. The van der Waals surface area contributed by atoms with Crippen molar-refractivity contribution < 1.29 is 35.5 Å². The molecule has 0 radical (unpaired) electrons. The van der Waals surface area contributed by atoms with Crippen LogP contribution in [-0.4, -0.2) is 124 Å². The zero-order valence-corrected chi connectivity index (χ0v) is 43.7. The number of likely N-dealkylation sites (N-methyl/N-ethyl adjacent to an activating group) is 2. The molecule has 0 heterocycles. The fourth-order valence-electron chi connectivity index (χ4n) is 7.01. The Morgan fingerprint density at radius 1 is 0.393 bits per heavy atom. The van der Waals surface area contributed by atoms with Crippen molar-refractivity contribution in [3.05, 3.63) is 24.3 Å². The Morgan fingerprint density at radius 3 is 0.852 bits per heavy atom. The van der Waals surface area contributed by atoms with Crippen LogP contribution >= 0.6 is 0 Å². The fraction of sp³-hybridized carbons (Fsp3) is 0.875. The summed E-state index contributed by atoms with van der Waals surface area (Å²) in [6, 6.07) is 0. The summed E-state index contributed by atoms with van der Waals surface area (Å²) in [6.45, 7) is 5.47. The van der Waals surface area contributed by atoms with Gasteiger partial charge >= 0.3 is 37.7 Å². The first kappa shape index (κ1) is 64.8.